The zero-order chi connectivity index (χ0) is 13.8. The minimum Gasteiger partial charge on any atom is -0.380 e. The number of hydrogen-bond acceptors (Lipinski definition) is 4. The van der Waals surface area contributed by atoms with Gasteiger partial charge in [-0.2, -0.15) is 0 Å². The molecule has 1 saturated heterocycles. The Labute approximate surface area is 146 Å². The van der Waals surface area contributed by atoms with Crippen molar-refractivity contribution in [2.75, 3.05) is 23.3 Å². The summed E-state index contributed by atoms with van der Waals surface area (Å²) in [6.45, 7) is 2.98. The van der Waals surface area contributed by atoms with E-state index in [1.165, 1.54) is 36.3 Å². The smallest absolute Gasteiger partial charge is 0.185 e. The van der Waals surface area contributed by atoms with E-state index in [0.29, 0.717) is 0 Å². The topological polar surface area (TPSA) is 28.2 Å². The minimum atomic E-state index is -0.208. The lowest BCUT2D eigenvalue weighted by molar-refractivity contribution is 0.577. The third-order valence-corrected chi connectivity index (χ3v) is 4.54. The SMILES string of the molecule is Cl.Cl.Fc1ccc(NCc2cnc(N3CCCCC3)s2)cc1. The Bertz CT molecular complexity index is 556. The molecular weight excluding hydrogens is 344 g/mol. The van der Waals surface area contributed by atoms with Crippen LogP contribution in [0.25, 0.3) is 0 Å². The number of aromatic nitrogens is 1. The van der Waals surface area contributed by atoms with E-state index in [4.69, 9.17) is 0 Å². The van der Waals surface area contributed by atoms with Gasteiger partial charge in [-0.3, -0.25) is 0 Å². The van der Waals surface area contributed by atoms with Crippen LogP contribution < -0.4 is 10.2 Å². The summed E-state index contributed by atoms with van der Waals surface area (Å²) >= 11 is 1.74. The third kappa shape index (κ3) is 5.00. The fourth-order valence-corrected chi connectivity index (χ4v) is 3.27. The number of thiazole rings is 1. The fourth-order valence-electron chi connectivity index (χ4n) is 2.37. The molecular formula is C15H20Cl2FN3S. The highest BCUT2D eigenvalue weighted by Crippen LogP contribution is 2.26. The molecule has 1 N–H and O–H groups in total. The lowest BCUT2D eigenvalue weighted by Crippen LogP contribution is -2.29. The molecule has 3 nitrogen and oxygen atoms in total. The number of hydrogen-bond donors (Lipinski definition) is 1. The number of anilines is 2. The first-order chi connectivity index (χ1) is 9.81. The standard InChI is InChI=1S/C15H18FN3S.2ClH/c16-12-4-6-13(7-5-12)17-10-14-11-18-15(20-14)19-8-2-1-3-9-19;;/h4-7,11,17H,1-3,8-10H2;2*1H. The van der Waals surface area contributed by atoms with Crippen molar-refractivity contribution >= 4 is 47.0 Å². The molecule has 0 spiro atoms. The molecule has 1 fully saturated rings. The largest absolute Gasteiger partial charge is 0.380 e. The summed E-state index contributed by atoms with van der Waals surface area (Å²) in [6, 6.07) is 6.44. The van der Waals surface area contributed by atoms with Gasteiger partial charge in [0.15, 0.2) is 5.13 Å². The second-order valence-corrected chi connectivity index (χ2v) is 6.11. The van der Waals surface area contributed by atoms with E-state index < -0.39 is 0 Å². The Morgan fingerprint density at radius 1 is 1.09 bits per heavy atom. The van der Waals surface area contributed by atoms with Crippen molar-refractivity contribution in [2.24, 2.45) is 0 Å². The molecule has 3 rings (SSSR count). The van der Waals surface area contributed by atoms with Gasteiger partial charge < -0.3 is 10.2 Å². The Balaban J connectivity index is 0.00000121. The maximum absolute atomic E-state index is 12.8. The van der Waals surface area contributed by atoms with E-state index in [9.17, 15) is 4.39 Å². The molecule has 1 aliphatic rings. The Hall–Kier alpha value is -1.04. The first kappa shape index (κ1) is 19.0. The third-order valence-electron chi connectivity index (χ3n) is 3.48. The molecule has 7 heteroatoms. The highest BCUT2D eigenvalue weighted by atomic mass is 35.5. The van der Waals surface area contributed by atoms with Crippen molar-refractivity contribution in [1.82, 2.24) is 4.98 Å². The van der Waals surface area contributed by atoms with Gasteiger partial charge in [-0.1, -0.05) is 0 Å². The average molecular weight is 364 g/mol. The molecule has 0 bridgehead atoms. The van der Waals surface area contributed by atoms with Crippen LogP contribution in [0.4, 0.5) is 15.2 Å². The number of benzene rings is 1. The van der Waals surface area contributed by atoms with Crippen molar-refractivity contribution in [3.8, 4) is 0 Å². The molecule has 2 heterocycles. The van der Waals surface area contributed by atoms with Crippen molar-refractivity contribution < 1.29 is 4.39 Å². The summed E-state index contributed by atoms with van der Waals surface area (Å²) in [5, 5.41) is 4.42. The molecule has 122 valence electrons. The normalized spacial score (nSPS) is 14.0. The van der Waals surface area contributed by atoms with Crippen LogP contribution in [0.2, 0.25) is 0 Å². The Morgan fingerprint density at radius 3 is 2.45 bits per heavy atom. The van der Waals surface area contributed by atoms with Crippen molar-refractivity contribution in [1.29, 1.82) is 0 Å². The summed E-state index contributed by atoms with van der Waals surface area (Å²) in [5.41, 5.74) is 0.930. The first-order valence-electron chi connectivity index (χ1n) is 7.00. The highest BCUT2D eigenvalue weighted by Gasteiger charge is 2.14. The second-order valence-electron chi connectivity index (χ2n) is 5.02. The van der Waals surface area contributed by atoms with Crippen molar-refractivity contribution in [3.63, 3.8) is 0 Å². The quantitative estimate of drug-likeness (QED) is 0.850. The molecule has 2 aromatic rings. The van der Waals surface area contributed by atoms with E-state index >= 15 is 0 Å². The van der Waals surface area contributed by atoms with Gasteiger partial charge in [0.2, 0.25) is 0 Å². The predicted octanol–water partition coefficient (Wildman–Crippen LogP) is 4.73. The molecule has 0 saturated carbocycles. The van der Waals surface area contributed by atoms with Crippen LogP contribution in [0.5, 0.6) is 0 Å². The molecule has 0 aliphatic carbocycles. The average Bonchev–Trinajstić information content (AvgIpc) is 2.97. The summed E-state index contributed by atoms with van der Waals surface area (Å²) in [6.07, 6.45) is 5.80. The van der Waals surface area contributed by atoms with E-state index in [2.05, 4.69) is 15.2 Å². The van der Waals surface area contributed by atoms with E-state index in [-0.39, 0.29) is 30.6 Å². The van der Waals surface area contributed by atoms with Crippen LogP contribution in [-0.2, 0) is 6.54 Å². The zero-order valence-corrected chi connectivity index (χ0v) is 14.6. The summed E-state index contributed by atoms with van der Waals surface area (Å²) < 4.78 is 12.8. The van der Waals surface area contributed by atoms with Gasteiger partial charge >= 0.3 is 0 Å². The number of halogens is 3. The fraction of sp³-hybridized carbons (Fsp3) is 0.400. The monoisotopic (exact) mass is 363 g/mol. The number of nitrogens with one attached hydrogen (secondary N) is 1. The first-order valence-corrected chi connectivity index (χ1v) is 7.82. The van der Waals surface area contributed by atoms with Crippen molar-refractivity contribution in [2.45, 2.75) is 25.8 Å². The number of nitrogens with zero attached hydrogens (tertiary/aromatic N) is 2. The van der Waals surface area contributed by atoms with E-state index in [1.807, 2.05) is 6.20 Å². The number of piperidine rings is 1. The predicted molar refractivity (Wildman–Crippen MR) is 96.4 cm³/mol. The van der Waals surface area contributed by atoms with E-state index in [1.54, 1.807) is 23.5 Å². The van der Waals surface area contributed by atoms with Crippen molar-refractivity contribution in [3.05, 3.63) is 41.2 Å². The van der Waals surface area contributed by atoms with Crippen LogP contribution in [-0.4, -0.2) is 18.1 Å². The summed E-state index contributed by atoms with van der Waals surface area (Å²) in [4.78, 5) is 8.08. The lowest BCUT2D eigenvalue weighted by Gasteiger charge is -2.25. The molecule has 1 aliphatic heterocycles. The van der Waals surface area contributed by atoms with Gasteiger partial charge in [0, 0.05) is 29.9 Å². The molecule has 0 radical (unpaired) electrons. The molecule has 0 atom stereocenters. The lowest BCUT2D eigenvalue weighted by atomic mass is 10.1. The van der Waals surface area contributed by atoms with E-state index in [0.717, 1.165) is 30.5 Å². The van der Waals surface area contributed by atoms with Gasteiger partial charge in [-0.15, -0.1) is 36.2 Å². The van der Waals surface area contributed by atoms with Gasteiger partial charge in [0.1, 0.15) is 5.82 Å². The van der Waals surface area contributed by atoms with Crippen LogP contribution in [0.1, 0.15) is 24.1 Å². The van der Waals surface area contributed by atoms with Gasteiger partial charge in [-0.05, 0) is 43.5 Å². The van der Waals surface area contributed by atoms with Crippen LogP contribution in [0.3, 0.4) is 0 Å². The molecule has 0 unspecified atom stereocenters. The zero-order valence-electron chi connectivity index (χ0n) is 12.1. The van der Waals surface area contributed by atoms with Crippen LogP contribution in [0.15, 0.2) is 30.5 Å². The van der Waals surface area contributed by atoms with Gasteiger partial charge in [-0.25, -0.2) is 9.37 Å². The maximum atomic E-state index is 12.8. The summed E-state index contributed by atoms with van der Waals surface area (Å²) in [7, 11) is 0. The van der Waals surface area contributed by atoms with Crippen LogP contribution in [0, 0.1) is 5.82 Å². The molecule has 1 aromatic carbocycles. The van der Waals surface area contributed by atoms with Gasteiger partial charge in [0.25, 0.3) is 0 Å². The second kappa shape index (κ2) is 9.18. The minimum absolute atomic E-state index is 0. The Kier molecular flexibility index (Phi) is 7.93. The maximum Gasteiger partial charge on any atom is 0.185 e. The van der Waals surface area contributed by atoms with Gasteiger partial charge in [0.05, 0.1) is 6.54 Å². The Morgan fingerprint density at radius 2 is 1.77 bits per heavy atom. The number of rotatable bonds is 4. The molecule has 1 aromatic heterocycles. The highest BCUT2D eigenvalue weighted by molar-refractivity contribution is 7.15. The van der Waals surface area contributed by atoms with Crippen LogP contribution >= 0.6 is 36.2 Å². The molecule has 22 heavy (non-hydrogen) atoms. The summed E-state index contributed by atoms with van der Waals surface area (Å²) in [5.74, 6) is -0.208. The molecule has 0 amide bonds.